The molecular formula is C12H12F3NO3. The molecule has 104 valence electrons. The Kier molecular flexibility index (Phi) is 3.66. The highest BCUT2D eigenvalue weighted by Crippen LogP contribution is 2.23. The Morgan fingerprint density at radius 2 is 1.95 bits per heavy atom. The topological polar surface area (TPSA) is 49.8 Å². The SMILES string of the molecule is O=C1CC(O)CN1Cc1ccc(OC(F)(F)F)cc1. The van der Waals surface area contributed by atoms with E-state index in [1.54, 1.807) is 0 Å². The maximum absolute atomic E-state index is 12.0. The minimum atomic E-state index is -4.71. The standard InChI is InChI=1S/C12H12F3NO3/c13-12(14,15)19-10-3-1-8(2-4-10)6-16-7-9(17)5-11(16)18/h1-4,9,17H,5-7H2. The molecule has 1 unspecified atom stereocenters. The molecule has 2 rings (SSSR count). The number of nitrogens with zero attached hydrogens (tertiary/aromatic N) is 1. The molecule has 0 aromatic heterocycles. The third-order valence-electron chi connectivity index (χ3n) is 2.72. The van der Waals surface area contributed by atoms with Gasteiger partial charge in [0.25, 0.3) is 0 Å². The number of likely N-dealkylation sites (tertiary alicyclic amines) is 1. The van der Waals surface area contributed by atoms with Crippen LogP contribution >= 0.6 is 0 Å². The van der Waals surface area contributed by atoms with Crippen molar-refractivity contribution < 1.29 is 27.8 Å². The molecule has 1 aliphatic heterocycles. The number of hydrogen-bond donors (Lipinski definition) is 1. The Balaban J connectivity index is 1.97. The summed E-state index contributed by atoms with van der Waals surface area (Å²) in [5, 5.41) is 9.31. The Morgan fingerprint density at radius 1 is 1.32 bits per heavy atom. The van der Waals surface area contributed by atoms with Crippen molar-refractivity contribution in [1.82, 2.24) is 4.90 Å². The van der Waals surface area contributed by atoms with Gasteiger partial charge in [0.05, 0.1) is 12.5 Å². The van der Waals surface area contributed by atoms with Crippen molar-refractivity contribution in [2.75, 3.05) is 6.54 Å². The maximum atomic E-state index is 12.0. The van der Waals surface area contributed by atoms with Crippen molar-refractivity contribution in [3.63, 3.8) is 0 Å². The van der Waals surface area contributed by atoms with Crippen LogP contribution in [0.2, 0.25) is 0 Å². The summed E-state index contributed by atoms with van der Waals surface area (Å²) in [5.41, 5.74) is 0.678. The molecule has 0 spiro atoms. The molecular weight excluding hydrogens is 263 g/mol. The number of halogens is 3. The van der Waals surface area contributed by atoms with Crippen molar-refractivity contribution in [2.24, 2.45) is 0 Å². The van der Waals surface area contributed by atoms with E-state index in [9.17, 15) is 23.1 Å². The zero-order valence-electron chi connectivity index (χ0n) is 9.85. The van der Waals surface area contributed by atoms with Crippen LogP contribution in [-0.2, 0) is 11.3 Å². The van der Waals surface area contributed by atoms with Gasteiger partial charge in [-0.2, -0.15) is 0 Å². The molecule has 0 radical (unpaired) electrons. The van der Waals surface area contributed by atoms with Gasteiger partial charge in [-0.3, -0.25) is 4.79 Å². The molecule has 1 aliphatic rings. The average Bonchev–Trinajstić information content (AvgIpc) is 2.58. The number of rotatable bonds is 3. The van der Waals surface area contributed by atoms with Crippen LogP contribution in [-0.4, -0.2) is 34.9 Å². The Hall–Kier alpha value is -1.76. The van der Waals surface area contributed by atoms with E-state index >= 15 is 0 Å². The van der Waals surface area contributed by atoms with Crippen LogP contribution in [0.4, 0.5) is 13.2 Å². The lowest BCUT2D eigenvalue weighted by Crippen LogP contribution is -2.25. The molecule has 1 fully saturated rings. The molecule has 4 nitrogen and oxygen atoms in total. The highest BCUT2D eigenvalue weighted by atomic mass is 19.4. The van der Waals surface area contributed by atoms with Gasteiger partial charge in [0, 0.05) is 13.1 Å². The third-order valence-corrected chi connectivity index (χ3v) is 2.72. The van der Waals surface area contributed by atoms with Crippen LogP contribution in [0.1, 0.15) is 12.0 Å². The lowest BCUT2D eigenvalue weighted by molar-refractivity contribution is -0.274. The van der Waals surface area contributed by atoms with Crippen LogP contribution in [0, 0.1) is 0 Å². The van der Waals surface area contributed by atoms with E-state index in [0.717, 1.165) is 0 Å². The van der Waals surface area contributed by atoms with Crippen molar-refractivity contribution in [3.05, 3.63) is 29.8 Å². The largest absolute Gasteiger partial charge is 0.573 e. The van der Waals surface area contributed by atoms with E-state index in [-0.39, 0.29) is 31.2 Å². The summed E-state index contributed by atoms with van der Waals surface area (Å²) in [7, 11) is 0. The summed E-state index contributed by atoms with van der Waals surface area (Å²) in [4.78, 5) is 12.9. The number of carbonyl (C=O) groups is 1. The zero-order valence-corrected chi connectivity index (χ0v) is 9.85. The average molecular weight is 275 g/mol. The molecule has 1 N–H and O–H groups in total. The lowest BCUT2D eigenvalue weighted by Gasteiger charge is -2.16. The molecule has 1 atom stereocenters. The Labute approximate surface area is 107 Å². The summed E-state index contributed by atoms with van der Waals surface area (Å²) >= 11 is 0. The first kappa shape index (κ1) is 13.7. The number of alkyl halides is 3. The quantitative estimate of drug-likeness (QED) is 0.913. The van der Waals surface area contributed by atoms with Gasteiger partial charge in [0.15, 0.2) is 0 Å². The van der Waals surface area contributed by atoms with Crippen molar-refractivity contribution in [1.29, 1.82) is 0 Å². The summed E-state index contributed by atoms with van der Waals surface area (Å²) in [6, 6.07) is 5.30. The lowest BCUT2D eigenvalue weighted by atomic mass is 10.2. The van der Waals surface area contributed by atoms with Gasteiger partial charge in [0.2, 0.25) is 5.91 Å². The first-order valence-corrected chi connectivity index (χ1v) is 5.64. The number of aliphatic hydroxyl groups is 1. The van der Waals surface area contributed by atoms with Crippen molar-refractivity contribution >= 4 is 5.91 Å². The van der Waals surface area contributed by atoms with Crippen LogP contribution in [0.15, 0.2) is 24.3 Å². The minimum Gasteiger partial charge on any atom is -0.406 e. The molecule has 19 heavy (non-hydrogen) atoms. The number of benzene rings is 1. The molecule has 7 heteroatoms. The van der Waals surface area contributed by atoms with E-state index < -0.39 is 12.5 Å². The van der Waals surface area contributed by atoms with Gasteiger partial charge < -0.3 is 14.7 Å². The fourth-order valence-electron chi connectivity index (χ4n) is 1.92. The van der Waals surface area contributed by atoms with Gasteiger partial charge in [0.1, 0.15) is 5.75 Å². The molecule has 1 amide bonds. The predicted octanol–water partition coefficient (Wildman–Crippen LogP) is 1.68. The summed E-state index contributed by atoms with van der Waals surface area (Å²) < 4.78 is 39.6. The number of hydrogen-bond acceptors (Lipinski definition) is 3. The fourth-order valence-corrected chi connectivity index (χ4v) is 1.92. The first-order chi connectivity index (χ1) is 8.83. The highest BCUT2D eigenvalue weighted by molar-refractivity contribution is 5.79. The van der Waals surface area contributed by atoms with Gasteiger partial charge >= 0.3 is 6.36 Å². The highest BCUT2D eigenvalue weighted by Gasteiger charge is 2.31. The number of ether oxygens (including phenoxy) is 1. The smallest absolute Gasteiger partial charge is 0.406 e. The molecule has 1 aromatic rings. The van der Waals surface area contributed by atoms with Crippen LogP contribution < -0.4 is 4.74 Å². The molecule has 1 aromatic carbocycles. The Bertz CT molecular complexity index is 458. The van der Waals surface area contributed by atoms with Crippen molar-refractivity contribution in [2.45, 2.75) is 25.4 Å². The molecule has 1 saturated heterocycles. The second-order valence-corrected chi connectivity index (χ2v) is 4.32. The van der Waals surface area contributed by atoms with E-state index in [1.165, 1.54) is 29.2 Å². The number of amides is 1. The zero-order chi connectivity index (χ0) is 14.0. The van der Waals surface area contributed by atoms with E-state index in [1.807, 2.05) is 0 Å². The van der Waals surface area contributed by atoms with Gasteiger partial charge in [-0.15, -0.1) is 13.2 Å². The van der Waals surface area contributed by atoms with Crippen molar-refractivity contribution in [3.8, 4) is 5.75 Å². The number of carbonyl (C=O) groups excluding carboxylic acids is 1. The van der Waals surface area contributed by atoms with E-state index in [4.69, 9.17) is 0 Å². The Morgan fingerprint density at radius 3 is 2.42 bits per heavy atom. The molecule has 0 aliphatic carbocycles. The van der Waals surface area contributed by atoms with Crippen LogP contribution in [0.5, 0.6) is 5.75 Å². The van der Waals surface area contributed by atoms with Gasteiger partial charge in [-0.25, -0.2) is 0 Å². The number of β-amino-alcohol motifs (C(OH)–C–C–N with tert-alkyl or cyclic N) is 1. The van der Waals surface area contributed by atoms with Crippen LogP contribution in [0.25, 0.3) is 0 Å². The molecule has 0 saturated carbocycles. The second kappa shape index (κ2) is 5.08. The van der Waals surface area contributed by atoms with Gasteiger partial charge in [-0.1, -0.05) is 12.1 Å². The monoisotopic (exact) mass is 275 g/mol. The predicted molar refractivity (Wildman–Crippen MR) is 59.2 cm³/mol. The molecule has 0 bridgehead atoms. The van der Waals surface area contributed by atoms with E-state index in [0.29, 0.717) is 5.56 Å². The summed E-state index contributed by atoms with van der Waals surface area (Å²) in [6.07, 6.45) is -5.29. The maximum Gasteiger partial charge on any atom is 0.573 e. The third kappa shape index (κ3) is 3.85. The van der Waals surface area contributed by atoms with E-state index in [2.05, 4.69) is 4.74 Å². The fraction of sp³-hybridized carbons (Fsp3) is 0.417. The summed E-state index contributed by atoms with van der Waals surface area (Å²) in [6.45, 7) is 0.516. The molecule has 1 heterocycles. The minimum absolute atomic E-state index is 0.0925. The van der Waals surface area contributed by atoms with Crippen LogP contribution in [0.3, 0.4) is 0 Å². The number of aliphatic hydroxyl groups excluding tert-OH is 1. The normalized spacial score (nSPS) is 19.9. The second-order valence-electron chi connectivity index (χ2n) is 4.32. The first-order valence-electron chi connectivity index (χ1n) is 5.64. The van der Waals surface area contributed by atoms with Gasteiger partial charge in [-0.05, 0) is 17.7 Å². The summed E-state index contributed by atoms with van der Waals surface area (Å²) in [5.74, 6) is -0.466.